The van der Waals surface area contributed by atoms with Gasteiger partial charge in [-0.3, -0.25) is 19.3 Å². The van der Waals surface area contributed by atoms with E-state index in [0.717, 1.165) is 22.0 Å². The summed E-state index contributed by atoms with van der Waals surface area (Å²) in [6.07, 6.45) is 5.94. The van der Waals surface area contributed by atoms with E-state index in [1.54, 1.807) is 30.6 Å². The molecule has 1 saturated carbocycles. The smallest absolute Gasteiger partial charge is 0.336 e. The first-order valence-electron chi connectivity index (χ1n) is 11.3. The lowest BCUT2D eigenvalue weighted by molar-refractivity contribution is 0.387. The molecule has 0 atom stereocenters. The van der Waals surface area contributed by atoms with Crippen LogP contribution in [0, 0.1) is 22.6 Å². The molecule has 0 aliphatic heterocycles. The number of nitrogens with zero attached hydrogens (tertiary/aromatic N) is 5. The molecule has 4 heterocycles. The van der Waals surface area contributed by atoms with Crippen LogP contribution in [0.1, 0.15) is 12.8 Å². The van der Waals surface area contributed by atoms with Gasteiger partial charge in [-0.1, -0.05) is 11.6 Å². The van der Waals surface area contributed by atoms with Gasteiger partial charge in [-0.25, -0.2) is 13.8 Å². The number of hydrogen-bond acceptors (Lipinski definition) is 7. The first-order valence-corrected chi connectivity index (χ1v) is 12.5. The Balaban J connectivity index is 1.68. The largest absolute Gasteiger partial charge is 0.494 e. The van der Waals surface area contributed by atoms with Crippen molar-refractivity contribution in [2.75, 3.05) is 7.11 Å². The summed E-state index contributed by atoms with van der Waals surface area (Å²) in [4.78, 5) is 36.9. The zero-order chi connectivity index (χ0) is 25.9. The monoisotopic (exact) mass is 533 g/mol. The molecule has 0 N–H and O–H groups in total. The van der Waals surface area contributed by atoms with E-state index < -0.39 is 22.5 Å². The highest BCUT2D eigenvalue weighted by Gasteiger charge is 2.44. The van der Waals surface area contributed by atoms with E-state index in [1.165, 1.54) is 23.9 Å². The SMILES string of the molecule is COc1cc(-c2cc3c(s2)c(=O)n(-c2cncc4cccnc24)c(=O)n3CC2(C#N)CC2)c(Cl)cc1F. The molecule has 184 valence electrons. The van der Waals surface area contributed by atoms with Crippen LogP contribution in [0.2, 0.25) is 5.02 Å². The van der Waals surface area contributed by atoms with E-state index in [1.807, 2.05) is 0 Å². The number of nitriles is 1. The summed E-state index contributed by atoms with van der Waals surface area (Å²) >= 11 is 7.49. The zero-order valence-corrected chi connectivity index (χ0v) is 20.9. The normalized spacial score (nSPS) is 14.1. The number of aromatic nitrogens is 4. The maximum absolute atomic E-state index is 14.2. The van der Waals surface area contributed by atoms with Gasteiger partial charge in [0, 0.05) is 34.8 Å². The number of ether oxygens (including phenoxy) is 1. The Hall–Kier alpha value is -4.07. The molecule has 0 spiro atoms. The molecule has 11 heteroatoms. The second-order valence-electron chi connectivity index (χ2n) is 8.93. The van der Waals surface area contributed by atoms with Gasteiger partial charge in [-0.15, -0.1) is 11.3 Å². The Morgan fingerprint density at radius 3 is 2.81 bits per heavy atom. The molecule has 5 aromatic rings. The van der Waals surface area contributed by atoms with Crippen LogP contribution >= 0.6 is 22.9 Å². The number of halogens is 2. The number of rotatable bonds is 5. The van der Waals surface area contributed by atoms with E-state index in [4.69, 9.17) is 16.3 Å². The Bertz CT molecular complexity index is 1900. The van der Waals surface area contributed by atoms with Gasteiger partial charge in [0.2, 0.25) is 0 Å². The summed E-state index contributed by atoms with van der Waals surface area (Å²) in [6, 6.07) is 10.1. The minimum atomic E-state index is -0.674. The number of thiophene rings is 1. The van der Waals surface area contributed by atoms with Crippen molar-refractivity contribution in [2.24, 2.45) is 5.41 Å². The lowest BCUT2D eigenvalue weighted by Crippen LogP contribution is -2.39. The van der Waals surface area contributed by atoms with Crippen molar-refractivity contribution in [3.63, 3.8) is 0 Å². The Morgan fingerprint density at radius 1 is 1.27 bits per heavy atom. The van der Waals surface area contributed by atoms with E-state index in [-0.39, 0.29) is 27.7 Å². The Kier molecular flexibility index (Phi) is 5.36. The first kappa shape index (κ1) is 23.3. The third-order valence-corrected chi connectivity index (χ3v) is 8.07. The molecular formula is C26H17ClFN5O3S. The van der Waals surface area contributed by atoms with Gasteiger partial charge >= 0.3 is 5.69 Å². The van der Waals surface area contributed by atoms with Crippen LogP contribution in [0.3, 0.4) is 0 Å². The van der Waals surface area contributed by atoms with Crippen LogP contribution in [-0.2, 0) is 6.54 Å². The molecule has 1 aliphatic rings. The van der Waals surface area contributed by atoms with Crippen LogP contribution < -0.4 is 16.0 Å². The predicted molar refractivity (Wildman–Crippen MR) is 139 cm³/mol. The minimum absolute atomic E-state index is 0.000903. The predicted octanol–water partition coefficient (Wildman–Crippen LogP) is 4.93. The number of pyridine rings is 2. The van der Waals surface area contributed by atoms with E-state index >= 15 is 0 Å². The summed E-state index contributed by atoms with van der Waals surface area (Å²) in [7, 11) is 1.35. The molecule has 1 aromatic carbocycles. The molecule has 0 unspecified atom stereocenters. The molecule has 4 aromatic heterocycles. The molecule has 6 rings (SSSR count). The number of methoxy groups -OCH3 is 1. The highest BCUT2D eigenvalue weighted by Crippen LogP contribution is 2.47. The van der Waals surface area contributed by atoms with Gasteiger partial charge in [0.05, 0.1) is 46.5 Å². The third-order valence-electron chi connectivity index (χ3n) is 6.61. The van der Waals surface area contributed by atoms with Crippen LogP contribution in [-0.4, -0.2) is 26.2 Å². The van der Waals surface area contributed by atoms with Crippen molar-refractivity contribution in [3.05, 3.63) is 80.6 Å². The van der Waals surface area contributed by atoms with Crippen molar-refractivity contribution >= 4 is 44.1 Å². The first-order chi connectivity index (χ1) is 17.9. The highest BCUT2D eigenvalue weighted by atomic mass is 35.5. The van der Waals surface area contributed by atoms with Gasteiger partial charge < -0.3 is 4.74 Å². The molecule has 8 nitrogen and oxygen atoms in total. The number of hydrogen-bond donors (Lipinski definition) is 0. The third kappa shape index (κ3) is 3.70. The summed E-state index contributed by atoms with van der Waals surface area (Å²) in [5.74, 6) is -0.613. The fourth-order valence-corrected chi connectivity index (χ4v) is 5.86. The summed E-state index contributed by atoms with van der Waals surface area (Å²) < 4.78 is 22.1. The maximum Gasteiger partial charge on any atom is 0.336 e. The average Bonchev–Trinajstić information content (AvgIpc) is 3.55. The van der Waals surface area contributed by atoms with Gasteiger partial charge in [-0.05, 0) is 43.2 Å². The summed E-state index contributed by atoms with van der Waals surface area (Å²) in [6.45, 7) is 0.126. The fourth-order valence-electron chi connectivity index (χ4n) is 4.43. The molecule has 0 amide bonds. The fraction of sp³-hybridized carbons (Fsp3) is 0.192. The molecule has 0 saturated heterocycles. The second kappa shape index (κ2) is 8.50. The molecule has 0 bridgehead atoms. The Labute approximate surface area is 217 Å². The Morgan fingerprint density at radius 2 is 2.08 bits per heavy atom. The van der Waals surface area contributed by atoms with Crippen molar-refractivity contribution in [3.8, 4) is 27.9 Å². The summed E-state index contributed by atoms with van der Waals surface area (Å²) in [5, 5.41) is 10.6. The average molecular weight is 534 g/mol. The van der Waals surface area contributed by atoms with E-state index in [9.17, 15) is 19.2 Å². The van der Waals surface area contributed by atoms with Crippen molar-refractivity contribution in [1.82, 2.24) is 19.1 Å². The van der Waals surface area contributed by atoms with Crippen molar-refractivity contribution < 1.29 is 9.13 Å². The van der Waals surface area contributed by atoms with Crippen LogP contribution in [0.4, 0.5) is 4.39 Å². The standard InChI is InChI=1S/C26H17ClFN5O3S/c1-36-20-7-15(16(27)8-17(20)28)21-9-18-23(37-21)24(34)33(25(35)32(18)13-26(12-29)4-5-26)19-11-30-10-14-3-2-6-31-22(14)19/h2-3,6-11H,4-5,13H2,1H3. The molecule has 37 heavy (non-hydrogen) atoms. The van der Waals surface area contributed by atoms with Crippen LogP contribution in [0.25, 0.3) is 37.2 Å². The maximum atomic E-state index is 14.2. The number of benzene rings is 1. The molecule has 1 fully saturated rings. The lowest BCUT2D eigenvalue weighted by Gasteiger charge is -2.14. The van der Waals surface area contributed by atoms with Crippen molar-refractivity contribution in [2.45, 2.75) is 19.4 Å². The quantitative estimate of drug-likeness (QED) is 0.317. The highest BCUT2D eigenvalue weighted by molar-refractivity contribution is 7.22. The van der Waals surface area contributed by atoms with Crippen LogP contribution in [0.15, 0.2) is 58.5 Å². The van der Waals surface area contributed by atoms with Crippen molar-refractivity contribution in [1.29, 1.82) is 5.26 Å². The topological polar surface area (TPSA) is 103 Å². The van der Waals surface area contributed by atoms with Gasteiger partial charge in [-0.2, -0.15) is 5.26 Å². The molecular weight excluding hydrogens is 517 g/mol. The van der Waals surface area contributed by atoms with Gasteiger partial charge in [0.25, 0.3) is 5.56 Å². The van der Waals surface area contributed by atoms with E-state index in [0.29, 0.717) is 39.7 Å². The summed E-state index contributed by atoms with van der Waals surface area (Å²) in [5.41, 5.74) is -0.262. The van der Waals surface area contributed by atoms with Crippen LogP contribution in [0.5, 0.6) is 5.75 Å². The second-order valence-corrected chi connectivity index (χ2v) is 10.4. The van der Waals surface area contributed by atoms with Gasteiger partial charge in [0.1, 0.15) is 4.70 Å². The minimum Gasteiger partial charge on any atom is -0.494 e. The lowest BCUT2D eigenvalue weighted by atomic mass is 10.1. The zero-order valence-electron chi connectivity index (χ0n) is 19.4. The molecule has 1 aliphatic carbocycles. The molecule has 0 radical (unpaired) electrons. The number of fused-ring (bicyclic) bond motifs is 2. The van der Waals surface area contributed by atoms with E-state index in [2.05, 4.69) is 16.0 Å². The van der Waals surface area contributed by atoms with Gasteiger partial charge in [0.15, 0.2) is 11.6 Å².